The van der Waals surface area contributed by atoms with Gasteiger partial charge in [-0.05, 0) is 29.9 Å². The molecule has 0 radical (unpaired) electrons. The SMILES string of the molecule is CNC(=S)N/N=C\c1cccc(OC)c1. The maximum absolute atomic E-state index is 5.08. The molecule has 0 saturated heterocycles. The fourth-order valence-corrected chi connectivity index (χ4v) is 0.996. The van der Waals surface area contributed by atoms with Crippen molar-refractivity contribution >= 4 is 23.5 Å². The molecule has 0 amide bonds. The number of methoxy groups -OCH3 is 1. The lowest BCUT2D eigenvalue weighted by Crippen LogP contribution is -2.28. The first kappa shape index (κ1) is 11.5. The molecular formula is C10H13N3OS. The number of hydrogen-bond donors (Lipinski definition) is 2. The van der Waals surface area contributed by atoms with E-state index in [-0.39, 0.29) is 0 Å². The van der Waals surface area contributed by atoms with Gasteiger partial charge in [0.25, 0.3) is 0 Å². The van der Waals surface area contributed by atoms with Gasteiger partial charge in [-0.3, -0.25) is 5.43 Å². The topological polar surface area (TPSA) is 45.7 Å². The highest BCUT2D eigenvalue weighted by molar-refractivity contribution is 7.80. The largest absolute Gasteiger partial charge is 0.497 e. The first-order valence-corrected chi connectivity index (χ1v) is 4.82. The highest BCUT2D eigenvalue weighted by Crippen LogP contribution is 2.10. The summed E-state index contributed by atoms with van der Waals surface area (Å²) in [5.41, 5.74) is 3.61. The summed E-state index contributed by atoms with van der Waals surface area (Å²) < 4.78 is 5.08. The lowest BCUT2D eigenvalue weighted by molar-refractivity contribution is 0.415. The van der Waals surface area contributed by atoms with Crippen molar-refractivity contribution in [2.24, 2.45) is 5.10 Å². The molecule has 1 aromatic carbocycles. The van der Waals surface area contributed by atoms with Crippen LogP contribution in [0.5, 0.6) is 5.75 Å². The van der Waals surface area contributed by atoms with Gasteiger partial charge in [0.05, 0.1) is 13.3 Å². The minimum absolute atomic E-state index is 0.481. The molecular weight excluding hydrogens is 210 g/mol. The quantitative estimate of drug-likeness (QED) is 0.458. The third-order valence-corrected chi connectivity index (χ3v) is 2.00. The zero-order valence-corrected chi connectivity index (χ0v) is 9.47. The van der Waals surface area contributed by atoms with Gasteiger partial charge >= 0.3 is 0 Å². The summed E-state index contributed by atoms with van der Waals surface area (Å²) >= 11 is 4.86. The van der Waals surface area contributed by atoms with Gasteiger partial charge in [-0.25, -0.2) is 0 Å². The standard InChI is InChI=1S/C10H13N3OS/c1-11-10(15)13-12-7-8-4-3-5-9(6-8)14-2/h3-7H,1-2H3,(H2,11,13,15)/b12-7-. The molecule has 0 saturated carbocycles. The third kappa shape index (κ3) is 3.95. The van der Waals surface area contributed by atoms with E-state index in [4.69, 9.17) is 17.0 Å². The highest BCUT2D eigenvalue weighted by atomic mass is 32.1. The van der Waals surface area contributed by atoms with Crippen LogP contribution in [0.15, 0.2) is 29.4 Å². The Balaban J connectivity index is 2.59. The Morgan fingerprint density at radius 1 is 1.53 bits per heavy atom. The van der Waals surface area contributed by atoms with Gasteiger partial charge in [-0.2, -0.15) is 5.10 Å². The molecule has 0 spiro atoms. The summed E-state index contributed by atoms with van der Waals surface area (Å²) in [6, 6.07) is 7.59. The predicted octanol–water partition coefficient (Wildman–Crippen LogP) is 1.12. The summed E-state index contributed by atoms with van der Waals surface area (Å²) in [4.78, 5) is 0. The number of ether oxygens (including phenoxy) is 1. The number of benzene rings is 1. The molecule has 4 nitrogen and oxygen atoms in total. The maximum Gasteiger partial charge on any atom is 0.186 e. The van der Waals surface area contributed by atoms with Crippen LogP contribution in [0.3, 0.4) is 0 Å². The van der Waals surface area contributed by atoms with Gasteiger partial charge in [0, 0.05) is 7.05 Å². The van der Waals surface area contributed by atoms with E-state index < -0.39 is 0 Å². The zero-order chi connectivity index (χ0) is 11.1. The average Bonchev–Trinajstić information content (AvgIpc) is 2.29. The van der Waals surface area contributed by atoms with Crippen molar-refractivity contribution in [3.8, 4) is 5.75 Å². The number of hydrazone groups is 1. The molecule has 5 heteroatoms. The average molecular weight is 223 g/mol. The third-order valence-electron chi connectivity index (χ3n) is 1.70. The number of thiocarbonyl (C=S) groups is 1. The molecule has 2 N–H and O–H groups in total. The van der Waals surface area contributed by atoms with Gasteiger partial charge in [0.15, 0.2) is 5.11 Å². The summed E-state index contributed by atoms with van der Waals surface area (Å²) in [7, 11) is 3.36. The van der Waals surface area contributed by atoms with Crippen LogP contribution in [0.1, 0.15) is 5.56 Å². The zero-order valence-electron chi connectivity index (χ0n) is 8.65. The molecule has 0 unspecified atom stereocenters. The monoisotopic (exact) mass is 223 g/mol. The first-order valence-electron chi connectivity index (χ1n) is 4.41. The number of nitrogens with zero attached hydrogens (tertiary/aromatic N) is 1. The molecule has 0 fully saturated rings. The Bertz CT molecular complexity index is 365. The van der Waals surface area contributed by atoms with E-state index in [9.17, 15) is 0 Å². The van der Waals surface area contributed by atoms with Crippen LogP contribution in [0.25, 0.3) is 0 Å². The Morgan fingerprint density at radius 2 is 2.33 bits per heavy atom. The fourth-order valence-electron chi connectivity index (χ4n) is 0.943. The Hall–Kier alpha value is -1.62. The van der Waals surface area contributed by atoms with Crippen molar-refractivity contribution in [1.82, 2.24) is 10.7 Å². The normalized spacial score (nSPS) is 10.0. The van der Waals surface area contributed by atoms with Crippen LogP contribution in [0.4, 0.5) is 0 Å². The van der Waals surface area contributed by atoms with Crippen LogP contribution < -0.4 is 15.5 Å². The number of rotatable bonds is 3. The second-order valence-electron chi connectivity index (χ2n) is 2.73. The second-order valence-corrected chi connectivity index (χ2v) is 3.13. The van der Waals surface area contributed by atoms with E-state index in [1.807, 2.05) is 24.3 Å². The fraction of sp³-hybridized carbons (Fsp3) is 0.200. The van der Waals surface area contributed by atoms with Gasteiger partial charge < -0.3 is 10.1 Å². The van der Waals surface area contributed by atoms with E-state index in [1.54, 1.807) is 20.4 Å². The van der Waals surface area contributed by atoms with Crippen molar-refractivity contribution in [2.75, 3.05) is 14.2 Å². The van der Waals surface area contributed by atoms with E-state index >= 15 is 0 Å². The molecule has 80 valence electrons. The molecule has 0 aliphatic carbocycles. The van der Waals surface area contributed by atoms with Gasteiger partial charge in [-0.1, -0.05) is 12.1 Å². The van der Waals surface area contributed by atoms with E-state index in [0.29, 0.717) is 5.11 Å². The Kier molecular flexibility index (Phi) is 4.56. The Morgan fingerprint density at radius 3 is 3.00 bits per heavy atom. The predicted molar refractivity (Wildman–Crippen MR) is 65.4 cm³/mol. The van der Waals surface area contributed by atoms with Crippen LogP contribution in [-0.2, 0) is 0 Å². The van der Waals surface area contributed by atoms with E-state index in [1.165, 1.54) is 0 Å². The van der Waals surface area contributed by atoms with Crippen LogP contribution in [0.2, 0.25) is 0 Å². The molecule has 0 heterocycles. The minimum Gasteiger partial charge on any atom is -0.497 e. The van der Waals surface area contributed by atoms with Crippen LogP contribution in [-0.4, -0.2) is 25.5 Å². The van der Waals surface area contributed by atoms with E-state index in [0.717, 1.165) is 11.3 Å². The number of hydrogen-bond acceptors (Lipinski definition) is 3. The molecule has 0 aliphatic rings. The summed E-state index contributed by atoms with van der Waals surface area (Å²) in [5.74, 6) is 0.801. The lowest BCUT2D eigenvalue weighted by Gasteiger charge is -2.01. The molecule has 1 aromatic rings. The van der Waals surface area contributed by atoms with Crippen LogP contribution in [0, 0.1) is 0 Å². The molecule has 15 heavy (non-hydrogen) atoms. The Labute approximate surface area is 94.3 Å². The van der Waals surface area contributed by atoms with E-state index in [2.05, 4.69) is 15.8 Å². The van der Waals surface area contributed by atoms with Crippen molar-refractivity contribution < 1.29 is 4.74 Å². The molecule has 0 atom stereocenters. The van der Waals surface area contributed by atoms with Crippen molar-refractivity contribution in [3.63, 3.8) is 0 Å². The highest BCUT2D eigenvalue weighted by Gasteiger charge is 1.92. The molecule has 1 rings (SSSR count). The van der Waals surface area contributed by atoms with Gasteiger partial charge in [0.2, 0.25) is 0 Å². The van der Waals surface area contributed by atoms with Crippen molar-refractivity contribution in [2.45, 2.75) is 0 Å². The van der Waals surface area contributed by atoms with Crippen LogP contribution >= 0.6 is 12.2 Å². The van der Waals surface area contributed by atoms with Gasteiger partial charge in [0.1, 0.15) is 5.75 Å². The summed E-state index contributed by atoms with van der Waals surface area (Å²) in [5, 5.41) is 7.19. The smallest absolute Gasteiger partial charge is 0.186 e. The molecule has 0 bridgehead atoms. The minimum atomic E-state index is 0.481. The summed E-state index contributed by atoms with van der Waals surface area (Å²) in [6.07, 6.45) is 1.67. The number of nitrogens with one attached hydrogen (secondary N) is 2. The summed E-state index contributed by atoms with van der Waals surface area (Å²) in [6.45, 7) is 0. The second kappa shape index (κ2) is 5.98. The van der Waals surface area contributed by atoms with Crippen molar-refractivity contribution in [1.29, 1.82) is 0 Å². The maximum atomic E-state index is 5.08. The lowest BCUT2D eigenvalue weighted by atomic mass is 10.2. The van der Waals surface area contributed by atoms with Crippen molar-refractivity contribution in [3.05, 3.63) is 29.8 Å². The molecule has 0 aromatic heterocycles. The van der Waals surface area contributed by atoms with Gasteiger partial charge in [-0.15, -0.1) is 0 Å². The first-order chi connectivity index (χ1) is 7.26. The molecule has 0 aliphatic heterocycles.